The lowest BCUT2D eigenvalue weighted by Gasteiger charge is -2.14. The van der Waals surface area contributed by atoms with Crippen molar-refractivity contribution >= 4 is 46.0 Å². The quantitative estimate of drug-likeness (QED) is 0.159. The molecule has 0 fully saturated rings. The van der Waals surface area contributed by atoms with Gasteiger partial charge in [0.05, 0.1) is 16.8 Å². The van der Waals surface area contributed by atoms with Crippen molar-refractivity contribution < 1.29 is 45.8 Å². The number of hydrogen-bond acceptors (Lipinski definition) is 9. The Morgan fingerprint density at radius 2 is 1.83 bits per heavy atom. The number of halogens is 6. The first-order valence-corrected chi connectivity index (χ1v) is 13.3. The van der Waals surface area contributed by atoms with E-state index >= 15 is 0 Å². The fourth-order valence-electron chi connectivity index (χ4n) is 3.90. The van der Waals surface area contributed by atoms with Gasteiger partial charge in [0.15, 0.2) is 0 Å². The zero-order valence-corrected chi connectivity index (χ0v) is 23.9. The molecule has 1 aliphatic rings. The van der Waals surface area contributed by atoms with Crippen LogP contribution in [-0.4, -0.2) is 60.5 Å². The Balaban J connectivity index is 0.000000617. The Kier molecular flexibility index (Phi) is 9.46. The minimum Gasteiger partial charge on any atom is -0.475 e. The highest BCUT2D eigenvalue weighted by Crippen LogP contribution is 2.33. The van der Waals surface area contributed by atoms with Crippen LogP contribution in [0.3, 0.4) is 0 Å². The van der Waals surface area contributed by atoms with E-state index in [0.29, 0.717) is 46.7 Å². The predicted octanol–water partition coefficient (Wildman–Crippen LogP) is 3.90. The van der Waals surface area contributed by atoms with Crippen molar-refractivity contribution in [2.45, 2.75) is 18.8 Å². The van der Waals surface area contributed by atoms with Gasteiger partial charge >= 0.3 is 24.4 Å². The smallest absolute Gasteiger partial charge is 0.475 e. The van der Waals surface area contributed by atoms with Crippen LogP contribution in [0.1, 0.15) is 32.2 Å². The first kappa shape index (κ1) is 33.2. The van der Waals surface area contributed by atoms with Gasteiger partial charge < -0.3 is 26.0 Å². The molecule has 3 amide bonds. The largest absolute Gasteiger partial charge is 0.490 e. The number of carbonyl (C=O) groups excluding carboxylic acids is 2. The molecule has 13 nitrogen and oxygen atoms in total. The monoisotopic (exact) mass is 667 g/mol. The molecule has 1 aromatic carbocycles. The Morgan fingerprint density at radius 3 is 2.46 bits per heavy atom. The zero-order valence-electron chi connectivity index (χ0n) is 23.0. The van der Waals surface area contributed by atoms with Gasteiger partial charge in [0, 0.05) is 43.2 Å². The average molecular weight is 668 g/mol. The summed E-state index contributed by atoms with van der Waals surface area (Å²) < 4.78 is 71.7. The normalized spacial score (nSPS) is 12.5. The van der Waals surface area contributed by atoms with Gasteiger partial charge in [-0.2, -0.15) is 26.3 Å². The van der Waals surface area contributed by atoms with Crippen LogP contribution < -0.4 is 21.7 Å². The van der Waals surface area contributed by atoms with Crippen LogP contribution in [0.15, 0.2) is 36.5 Å². The summed E-state index contributed by atoms with van der Waals surface area (Å²) in [5.74, 6) is 3.14. The van der Waals surface area contributed by atoms with E-state index in [0.717, 1.165) is 5.69 Å². The molecule has 0 atom stereocenters. The molecule has 240 valence electrons. The molecule has 0 unspecified atom stereocenters. The molecule has 0 bridgehead atoms. The van der Waals surface area contributed by atoms with E-state index in [1.54, 1.807) is 30.3 Å². The number of amides is 3. The maximum Gasteiger partial charge on any atom is 0.490 e. The summed E-state index contributed by atoms with van der Waals surface area (Å²) in [6.07, 6.45) is -7.57. The molecular formula is C26H19F6N9O4S. The van der Waals surface area contributed by atoms with Crippen LogP contribution in [-0.2, 0) is 24.4 Å². The highest BCUT2D eigenvalue weighted by molar-refractivity contribution is 7.15. The third-order valence-corrected chi connectivity index (χ3v) is 6.78. The Labute approximate surface area is 257 Å². The Bertz CT molecular complexity index is 1880. The molecular weight excluding hydrogens is 648 g/mol. The van der Waals surface area contributed by atoms with E-state index in [-0.39, 0.29) is 28.3 Å². The number of nitrogens with zero attached hydrogens (tertiary/aromatic N) is 5. The first-order valence-electron chi connectivity index (χ1n) is 12.5. The van der Waals surface area contributed by atoms with Gasteiger partial charge in [-0.05, 0) is 24.3 Å². The van der Waals surface area contributed by atoms with Crippen molar-refractivity contribution in [1.29, 1.82) is 0 Å². The molecule has 6 N–H and O–H groups in total. The molecule has 1 aliphatic heterocycles. The summed E-state index contributed by atoms with van der Waals surface area (Å²) in [6.45, 7) is 0.541. The van der Waals surface area contributed by atoms with E-state index in [9.17, 15) is 35.9 Å². The minimum absolute atomic E-state index is 0.0502. The third kappa shape index (κ3) is 8.06. The van der Waals surface area contributed by atoms with Crippen molar-refractivity contribution in [2.24, 2.45) is 7.05 Å². The SMILES string of the molecule is Cn1c(-c2nc(N)ncc2C#Cc2cccc(NC(=O)Nc3nnc(C(F)(F)F)s3)c2)cc2c1CCNC2=O.O=C(O)C(F)(F)F. The van der Waals surface area contributed by atoms with Crippen LogP contribution in [0.5, 0.6) is 0 Å². The van der Waals surface area contributed by atoms with Crippen molar-refractivity contribution in [3.8, 4) is 23.2 Å². The van der Waals surface area contributed by atoms with Crippen LogP contribution in [0.4, 0.5) is 47.9 Å². The number of hydrogen-bond donors (Lipinski definition) is 5. The van der Waals surface area contributed by atoms with Crippen LogP contribution in [0.25, 0.3) is 11.4 Å². The second-order valence-electron chi connectivity index (χ2n) is 9.07. The maximum absolute atomic E-state index is 12.7. The number of urea groups is 1. The summed E-state index contributed by atoms with van der Waals surface area (Å²) in [5, 5.41) is 19.6. The number of nitrogen functional groups attached to an aromatic ring is 1. The van der Waals surface area contributed by atoms with Gasteiger partial charge in [-0.15, -0.1) is 10.2 Å². The number of carboxylic acid groups (broad SMARTS) is 1. The number of aromatic nitrogens is 5. The third-order valence-electron chi connectivity index (χ3n) is 5.89. The van der Waals surface area contributed by atoms with Crippen molar-refractivity contribution in [3.05, 3.63) is 63.9 Å². The van der Waals surface area contributed by atoms with Gasteiger partial charge in [0.2, 0.25) is 16.1 Å². The van der Waals surface area contributed by atoms with Crippen molar-refractivity contribution in [2.75, 3.05) is 22.9 Å². The minimum atomic E-state index is -5.08. The molecule has 0 radical (unpaired) electrons. The lowest BCUT2D eigenvalue weighted by atomic mass is 10.1. The molecule has 0 aliphatic carbocycles. The topological polar surface area (TPSA) is 190 Å². The van der Waals surface area contributed by atoms with Crippen LogP contribution >= 0.6 is 11.3 Å². The number of rotatable bonds is 3. The molecule has 0 saturated carbocycles. The fourth-order valence-corrected chi connectivity index (χ4v) is 4.51. The summed E-state index contributed by atoms with van der Waals surface area (Å²) in [4.78, 5) is 41.9. The van der Waals surface area contributed by atoms with Crippen molar-refractivity contribution in [1.82, 2.24) is 30.0 Å². The first-order chi connectivity index (χ1) is 21.5. The number of nitrogens with two attached hydrogens (primary N) is 1. The lowest BCUT2D eigenvalue weighted by molar-refractivity contribution is -0.192. The van der Waals surface area contributed by atoms with E-state index in [1.165, 1.54) is 6.20 Å². The molecule has 4 aromatic rings. The van der Waals surface area contributed by atoms with Crippen LogP contribution in [0.2, 0.25) is 0 Å². The number of anilines is 3. The number of carboxylic acids is 1. The zero-order chi connectivity index (χ0) is 33.8. The van der Waals surface area contributed by atoms with Crippen molar-refractivity contribution in [3.63, 3.8) is 0 Å². The van der Waals surface area contributed by atoms with Gasteiger partial charge in [-0.1, -0.05) is 29.2 Å². The molecule has 3 aromatic heterocycles. The summed E-state index contributed by atoms with van der Waals surface area (Å²) >= 11 is 0.212. The maximum atomic E-state index is 12.7. The van der Waals surface area contributed by atoms with Crippen LogP contribution in [0, 0.1) is 11.8 Å². The Morgan fingerprint density at radius 1 is 1.11 bits per heavy atom. The van der Waals surface area contributed by atoms with Gasteiger partial charge in [0.1, 0.15) is 5.69 Å². The molecule has 0 spiro atoms. The molecule has 4 heterocycles. The highest BCUT2D eigenvalue weighted by atomic mass is 32.1. The molecule has 5 rings (SSSR count). The second-order valence-corrected chi connectivity index (χ2v) is 10.0. The predicted molar refractivity (Wildman–Crippen MR) is 151 cm³/mol. The fraction of sp³-hybridized carbons (Fsp3) is 0.192. The molecule has 46 heavy (non-hydrogen) atoms. The van der Waals surface area contributed by atoms with E-state index < -0.39 is 29.4 Å². The van der Waals surface area contributed by atoms with E-state index in [1.807, 2.05) is 11.6 Å². The number of fused-ring (bicyclic) bond motifs is 1. The summed E-state index contributed by atoms with van der Waals surface area (Å²) in [6, 6.07) is 7.47. The number of nitrogens with one attached hydrogen (secondary N) is 3. The average Bonchev–Trinajstić information content (AvgIpc) is 3.58. The number of aliphatic carboxylic acids is 1. The van der Waals surface area contributed by atoms with E-state index in [4.69, 9.17) is 15.6 Å². The Hall–Kier alpha value is -5.71. The summed E-state index contributed by atoms with van der Waals surface area (Å²) in [7, 11) is 1.84. The molecule has 20 heteroatoms. The number of benzene rings is 1. The lowest BCUT2D eigenvalue weighted by Crippen LogP contribution is -2.31. The van der Waals surface area contributed by atoms with Gasteiger partial charge in [0.25, 0.3) is 5.91 Å². The number of alkyl halides is 6. The number of carbonyl (C=O) groups is 3. The summed E-state index contributed by atoms with van der Waals surface area (Å²) in [5.41, 5.74) is 9.75. The standard InChI is InChI=1S/C24H18F3N9O2S.C2HF3O2/c1-36-16-7-8-29-19(37)15(16)10-17(36)18-13(11-30-21(28)32-18)6-5-12-3-2-4-14(9-12)31-22(38)33-23-35-34-20(39-23)24(25,26)27;3-2(4,5)1(6)7/h2-4,9-11H,7-8H2,1H3,(H,29,37)(H2,28,30,32)(H2,31,33,35,38);(H,6,7). The van der Waals surface area contributed by atoms with E-state index in [2.05, 4.69) is 48.0 Å². The van der Waals surface area contributed by atoms with Gasteiger partial charge in [-0.25, -0.2) is 19.6 Å². The highest BCUT2D eigenvalue weighted by Gasteiger charge is 2.38. The second kappa shape index (κ2) is 13.1. The molecule has 0 saturated heterocycles. The van der Waals surface area contributed by atoms with Gasteiger partial charge in [-0.3, -0.25) is 10.1 Å².